The Morgan fingerprint density at radius 1 is 1.31 bits per heavy atom. The van der Waals surface area contributed by atoms with E-state index in [1.807, 2.05) is 19.9 Å². The zero-order valence-electron chi connectivity index (χ0n) is 15.0. The fourth-order valence-electron chi connectivity index (χ4n) is 3.77. The molecule has 2 unspecified atom stereocenters. The zero-order valence-corrected chi connectivity index (χ0v) is 16.5. The van der Waals surface area contributed by atoms with Gasteiger partial charge in [-0.15, -0.1) is 0 Å². The Kier molecular flexibility index (Phi) is 5.44. The van der Waals surface area contributed by atoms with Gasteiger partial charge in [-0.1, -0.05) is 42.3 Å². The molecule has 2 atom stereocenters. The Bertz CT molecular complexity index is 841. The maximum absolute atomic E-state index is 12.9. The van der Waals surface area contributed by atoms with Gasteiger partial charge in [0.15, 0.2) is 5.78 Å². The summed E-state index contributed by atoms with van der Waals surface area (Å²) in [5, 5.41) is 4.01. The average molecular weight is 394 g/mol. The van der Waals surface area contributed by atoms with Gasteiger partial charge in [0.2, 0.25) is 0 Å². The number of esters is 1. The van der Waals surface area contributed by atoms with E-state index in [9.17, 15) is 9.59 Å². The average Bonchev–Trinajstić information content (AvgIpc) is 2.56. The minimum atomic E-state index is -0.573. The van der Waals surface area contributed by atoms with Crippen molar-refractivity contribution in [2.75, 3.05) is 6.61 Å². The number of hydrogen-bond acceptors (Lipinski definition) is 4. The predicted octanol–water partition coefficient (Wildman–Crippen LogP) is 4.77. The highest BCUT2D eigenvalue weighted by Gasteiger charge is 2.41. The number of carbonyl (C=O) groups is 2. The van der Waals surface area contributed by atoms with E-state index in [2.05, 4.69) is 5.32 Å². The van der Waals surface area contributed by atoms with Crippen molar-refractivity contribution in [1.29, 1.82) is 0 Å². The molecule has 6 heteroatoms. The number of benzene rings is 1. The van der Waals surface area contributed by atoms with Gasteiger partial charge < -0.3 is 10.1 Å². The molecule has 4 nitrogen and oxygen atoms in total. The van der Waals surface area contributed by atoms with Gasteiger partial charge in [0.05, 0.1) is 22.2 Å². The topological polar surface area (TPSA) is 55.4 Å². The number of ketones is 1. The SMILES string of the molecule is CCOC(=O)C1=C(C)NC2=C(C(=O)CC(C)C2)C1c1cccc(Cl)c1Cl. The summed E-state index contributed by atoms with van der Waals surface area (Å²) in [4.78, 5) is 25.6. The summed E-state index contributed by atoms with van der Waals surface area (Å²) in [6.07, 6.45) is 1.20. The molecule has 0 amide bonds. The maximum atomic E-state index is 12.9. The molecule has 0 saturated heterocycles. The van der Waals surface area contributed by atoms with Gasteiger partial charge in [0, 0.05) is 29.3 Å². The molecule has 1 aromatic rings. The number of dihydropyridines is 1. The van der Waals surface area contributed by atoms with Gasteiger partial charge in [0.1, 0.15) is 0 Å². The molecule has 1 aliphatic heterocycles. The molecular weight excluding hydrogens is 373 g/mol. The number of nitrogens with one attached hydrogen (secondary N) is 1. The van der Waals surface area contributed by atoms with Crippen LogP contribution in [0.4, 0.5) is 0 Å². The first kappa shape index (κ1) is 19.0. The standard InChI is InChI=1S/C20H21Cl2NO3/c1-4-26-20(25)16-11(3)23-14-8-10(2)9-15(24)18(14)17(16)12-6-5-7-13(21)19(12)22/h5-7,10,17,23H,4,8-9H2,1-3H3. The van der Waals surface area contributed by atoms with Crippen LogP contribution >= 0.6 is 23.2 Å². The molecule has 0 saturated carbocycles. The predicted molar refractivity (Wildman–Crippen MR) is 102 cm³/mol. The normalized spacial score (nSPS) is 22.9. The molecule has 0 spiro atoms. The van der Waals surface area contributed by atoms with E-state index >= 15 is 0 Å². The van der Waals surface area contributed by atoms with E-state index in [0.29, 0.717) is 38.9 Å². The van der Waals surface area contributed by atoms with Crippen molar-refractivity contribution in [3.8, 4) is 0 Å². The highest BCUT2D eigenvalue weighted by molar-refractivity contribution is 6.42. The molecule has 138 valence electrons. The van der Waals surface area contributed by atoms with Crippen LogP contribution in [0.3, 0.4) is 0 Å². The fourth-order valence-corrected chi connectivity index (χ4v) is 4.18. The van der Waals surface area contributed by atoms with E-state index in [1.165, 1.54) is 0 Å². The molecule has 1 N–H and O–H groups in total. The van der Waals surface area contributed by atoms with Crippen molar-refractivity contribution in [2.45, 2.75) is 39.5 Å². The molecule has 1 aliphatic carbocycles. The van der Waals surface area contributed by atoms with Crippen LogP contribution in [0.15, 0.2) is 40.7 Å². The lowest BCUT2D eigenvalue weighted by atomic mass is 9.73. The second kappa shape index (κ2) is 7.45. The molecule has 1 aromatic carbocycles. The highest BCUT2D eigenvalue weighted by atomic mass is 35.5. The summed E-state index contributed by atoms with van der Waals surface area (Å²) in [6.45, 7) is 5.88. The molecule has 1 heterocycles. The molecule has 0 fully saturated rings. The van der Waals surface area contributed by atoms with Crippen LogP contribution in [-0.4, -0.2) is 18.4 Å². The van der Waals surface area contributed by atoms with Crippen LogP contribution in [0.1, 0.15) is 45.1 Å². The monoisotopic (exact) mass is 393 g/mol. The minimum Gasteiger partial charge on any atom is -0.463 e. The second-order valence-corrected chi connectivity index (χ2v) is 7.57. The number of ether oxygens (including phenoxy) is 1. The molecule has 3 rings (SSSR count). The Labute approximate surface area is 163 Å². The zero-order chi connectivity index (χ0) is 19.0. The van der Waals surface area contributed by atoms with Crippen molar-refractivity contribution >= 4 is 35.0 Å². The lowest BCUT2D eigenvalue weighted by molar-refractivity contribution is -0.138. The summed E-state index contributed by atoms with van der Waals surface area (Å²) in [5.41, 5.74) is 3.21. The molecule has 2 aliphatic rings. The summed E-state index contributed by atoms with van der Waals surface area (Å²) >= 11 is 12.7. The third kappa shape index (κ3) is 3.28. The number of allylic oxidation sites excluding steroid dienone is 3. The number of Topliss-reactive ketones (excluding diaryl/α,β-unsaturated/α-hetero) is 1. The third-order valence-corrected chi connectivity index (χ3v) is 5.65. The first-order valence-corrected chi connectivity index (χ1v) is 9.45. The van der Waals surface area contributed by atoms with Crippen LogP contribution in [0, 0.1) is 5.92 Å². The van der Waals surface area contributed by atoms with E-state index in [0.717, 1.165) is 12.1 Å². The van der Waals surface area contributed by atoms with Crippen LogP contribution < -0.4 is 5.32 Å². The molecule has 0 bridgehead atoms. The van der Waals surface area contributed by atoms with Crippen LogP contribution in [0.2, 0.25) is 10.0 Å². The smallest absolute Gasteiger partial charge is 0.336 e. The quantitative estimate of drug-likeness (QED) is 0.751. The largest absolute Gasteiger partial charge is 0.463 e. The van der Waals surface area contributed by atoms with E-state index < -0.39 is 11.9 Å². The van der Waals surface area contributed by atoms with Crippen molar-refractivity contribution in [2.24, 2.45) is 5.92 Å². The lowest BCUT2D eigenvalue weighted by Gasteiger charge is -2.36. The van der Waals surface area contributed by atoms with Gasteiger partial charge in [-0.25, -0.2) is 4.79 Å². The summed E-state index contributed by atoms with van der Waals surface area (Å²) in [5.74, 6) is -0.740. The minimum absolute atomic E-state index is 0.0293. The Morgan fingerprint density at radius 2 is 2.04 bits per heavy atom. The van der Waals surface area contributed by atoms with E-state index in [1.54, 1.807) is 19.1 Å². The van der Waals surface area contributed by atoms with Crippen LogP contribution in [0.5, 0.6) is 0 Å². The van der Waals surface area contributed by atoms with Gasteiger partial charge in [-0.05, 0) is 37.8 Å². The number of carbonyl (C=O) groups excluding carboxylic acids is 2. The third-order valence-electron chi connectivity index (χ3n) is 4.82. The molecule has 26 heavy (non-hydrogen) atoms. The van der Waals surface area contributed by atoms with Gasteiger partial charge >= 0.3 is 5.97 Å². The van der Waals surface area contributed by atoms with Gasteiger partial charge in [0.25, 0.3) is 0 Å². The van der Waals surface area contributed by atoms with E-state index in [4.69, 9.17) is 27.9 Å². The Balaban J connectivity index is 2.23. The van der Waals surface area contributed by atoms with Crippen LogP contribution in [-0.2, 0) is 14.3 Å². The number of halogens is 2. The van der Waals surface area contributed by atoms with Crippen molar-refractivity contribution in [3.63, 3.8) is 0 Å². The lowest BCUT2D eigenvalue weighted by Crippen LogP contribution is -2.36. The molecular formula is C20H21Cl2NO3. The highest BCUT2D eigenvalue weighted by Crippen LogP contribution is 2.46. The second-order valence-electron chi connectivity index (χ2n) is 6.79. The van der Waals surface area contributed by atoms with Gasteiger partial charge in [-0.3, -0.25) is 4.79 Å². The van der Waals surface area contributed by atoms with Crippen molar-refractivity contribution in [3.05, 3.63) is 56.3 Å². The first-order valence-electron chi connectivity index (χ1n) is 8.70. The first-order chi connectivity index (χ1) is 12.3. The summed E-state index contributed by atoms with van der Waals surface area (Å²) in [6, 6.07) is 5.28. The fraction of sp³-hybridized carbons (Fsp3) is 0.400. The molecule has 0 radical (unpaired) electrons. The number of hydrogen-bond donors (Lipinski definition) is 1. The van der Waals surface area contributed by atoms with Crippen molar-refractivity contribution < 1.29 is 14.3 Å². The van der Waals surface area contributed by atoms with E-state index in [-0.39, 0.29) is 18.3 Å². The number of rotatable bonds is 3. The summed E-state index contributed by atoms with van der Waals surface area (Å²) in [7, 11) is 0. The van der Waals surface area contributed by atoms with Crippen LogP contribution in [0.25, 0.3) is 0 Å². The Hall–Kier alpha value is -1.78. The van der Waals surface area contributed by atoms with Gasteiger partial charge in [-0.2, -0.15) is 0 Å². The maximum Gasteiger partial charge on any atom is 0.336 e. The Morgan fingerprint density at radius 3 is 2.73 bits per heavy atom. The summed E-state index contributed by atoms with van der Waals surface area (Å²) < 4.78 is 5.26. The molecule has 0 aromatic heterocycles. The van der Waals surface area contributed by atoms with Crippen molar-refractivity contribution in [1.82, 2.24) is 5.32 Å².